The Morgan fingerprint density at radius 2 is 1.89 bits per heavy atom. The smallest absolute Gasteiger partial charge is 0.123 e. The molecule has 1 saturated heterocycles. The van der Waals surface area contributed by atoms with Crippen LogP contribution in [0.15, 0.2) is 24.3 Å². The summed E-state index contributed by atoms with van der Waals surface area (Å²) in [4.78, 5) is 2.33. The van der Waals surface area contributed by atoms with Crippen LogP contribution in [-0.4, -0.2) is 36.2 Å². The number of aliphatic hydroxyl groups excluding tert-OH is 1. The van der Waals surface area contributed by atoms with Crippen molar-refractivity contribution in [1.82, 2.24) is 4.90 Å². The summed E-state index contributed by atoms with van der Waals surface area (Å²) in [7, 11) is 0. The quantitative estimate of drug-likeness (QED) is 0.854. The van der Waals surface area contributed by atoms with E-state index in [9.17, 15) is 4.39 Å². The number of hydrogen-bond acceptors (Lipinski definition) is 3. The van der Waals surface area contributed by atoms with Crippen LogP contribution in [0.3, 0.4) is 0 Å². The number of halogens is 1. The molecule has 0 aliphatic carbocycles. The van der Waals surface area contributed by atoms with Gasteiger partial charge in [-0.3, -0.25) is 4.90 Å². The van der Waals surface area contributed by atoms with Crippen molar-refractivity contribution in [3.05, 3.63) is 35.6 Å². The molecule has 0 bridgehead atoms. The molecule has 18 heavy (non-hydrogen) atoms. The van der Waals surface area contributed by atoms with Crippen molar-refractivity contribution in [2.24, 2.45) is 11.7 Å². The number of rotatable bonds is 4. The number of benzene rings is 1. The zero-order valence-electron chi connectivity index (χ0n) is 10.6. The molecule has 1 atom stereocenters. The van der Waals surface area contributed by atoms with Gasteiger partial charge in [0.2, 0.25) is 0 Å². The van der Waals surface area contributed by atoms with Crippen molar-refractivity contribution < 1.29 is 9.50 Å². The summed E-state index contributed by atoms with van der Waals surface area (Å²) in [5.41, 5.74) is 6.93. The van der Waals surface area contributed by atoms with Crippen LogP contribution in [0.25, 0.3) is 0 Å². The van der Waals surface area contributed by atoms with Gasteiger partial charge in [0.25, 0.3) is 0 Å². The molecular formula is C14H21FN2O. The minimum atomic E-state index is -0.214. The van der Waals surface area contributed by atoms with Crippen LogP contribution in [0, 0.1) is 11.7 Å². The number of piperidine rings is 1. The topological polar surface area (TPSA) is 49.5 Å². The summed E-state index contributed by atoms with van der Waals surface area (Å²) < 4.78 is 12.9. The molecule has 0 saturated carbocycles. The van der Waals surface area contributed by atoms with Crippen LogP contribution in [0.5, 0.6) is 0 Å². The van der Waals surface area contributed by atoms with E-state index in [4.69, 9.17) is 10.8 Å². The molecule has 100 valence electrons. The maximum Gasteiger partial charge on any atom is 0.123 e. The Balaban J connectivity index is 2.03. The molecule has 1 aromatic rings. The average Bonchev–Trinajstić information content (AvgIpc) is 2.42. The maximum absolute atomic E-state index is 12.9. The fourth-order valence-electron chi connectivity index (χ4n) is 2.63. The number of likely N-dealkylation sites (tertiary alicyclic amines) is 1. The second kappa shape index (κ2) is 6.27. The lowest BCUT2D eigenvalue weighted by atomic mass is 9.95. The van der Waals surface area contributed by atoms with Crippen molar-refractivity contribution in [3.8, 4) is 0 Å². The van der Waals surface area contributed by atoms with Gasteiger partial charge in [-0.2, -0.15) is 0 Å². The number of aliphatic hydroxyl groups is 1. The Kier molecular flexibility index (Phi) is 4.69. The van der Waals surface area contributed by atoms with Gasteiger partial charge >= 0.3 is 0 Å². The zero-order chi connectivity index (χ0) is 13.0. The Labute approximate surface area is 107 Å². The second-order valence-corrected chi connectivity index (χ2v) is 4.96. The fourth-order valence-corrected chi connectivity index (χ4v) is 2.63. The fraction of sp³-hybridized carbons (Fsp3) is 0.571. The van der Waals surface area contributed by atoms with E-state index in [2.05, 4.69) is 4.90 Å². The molecule has 1 aliphatic rings. The van der Waals surface area contributed by atoms with Gasteiger partial charge in [-0.05, 0) is 49.5 Å². The number of nitrogens with zero attached hydrogens (tertiary/aromatic N) is 1. The predicted molar refractivity (Wildman–Crippen MR) is 69.6 cm³/mol. The second-order valence-electron chi connectivity index (χ2n) is 4.96. The van der Waals surface area contributed by atoms with Gasteiger partial charge in [0.1, 0.15) is 5.82 Å². The lowest BCUT2D eigenvalue weighted by Gasteiger charge is -2.36. The highest BCUT2D eigenvalue weighted by molar-refractivity contribution is 5.20. The normalized spacial score (nSPS) is 19.9. The highest BCUT2D eigenvalue weighted by Crippen LogP contribution is 2.26. The van der Waals surface area contributed by atoms with E-state index < -0.39 is 0 Å². The summed E-state index contributed by atoms with van der Waals surface area (Å²) in [6, 6.07) is 6.75. The van der Waals surface area contributed by atoms with Crippen LogP contribution in [0.1, 0.15) is 24.4 Å². The first-order chi connectivity index (χ1) is 8.74. The van der Waals surface area contributed by atoms with E-state index in [1.54, 1.807) is 0 Å². The molecule has 0 aromatic heterocycles. The first-order valence-corrected chi connectivity index (χ1v) is 6.55. The van der Waals surface area contributed by atoms with Crippen molar-refractivity contribution in [1.29, 1.82) is 0 Å². The Morgan fingerprint density at radius 1 is 1.28 bits per heavy atom. The van der Waals surface area contributed by atoms with E-state index in [1.807, 2.05) is 12.1 Å². The first kappa shape index (κ1) is 13.5. The molecule has 1 aliphatic heterocycles. The molecule has 0 amide bonds. The summed E-state index contributed by atoms with van der Waals surface area (Å²) in [6.45, 7) is 2.71. The molecule has 4 heteroatoms. The molecule has 1 aromatic carbocycles. The van der Waals surface area contributed by atoms with Crippen LogP contribution in [0.2, 0.25) is 0 Å². The lowest BCUT2D eigenvalue weighted by Crippen LogP contribution is -2.40. The number of hydrogen-bond donors (Lipinski definition) is 2. The summed E-state index contributed by atoms with van der Waals surface area (Å²) in [6.07, 6.45) is 2.02. The zero-order valence-corrected chi connectivity index (χ0v) is 10.6. The molecule has 1 fully saturated rings. The van der Waals surface area contributed by atoms with Gasteiger partial charge in [0.15, 0.2) is 0 Å². The molecule has 1 unspecified atom stereocenters. The summed E-state index contributed by atoms with van der Waals surface area (Å²) in [5, 5.41) is 9.14. The largest absolute Gasteiger partial charge is 0.396 e. The van der Waals surface area contributed by atoms with Crippen molar-refractivity contribution in [2.75, 3.05) is 26.2 Å². The third-order valence-electron chi connectivity index (χ3n) is 3.83. The SMILES string of the molecule is NCC(c1ccc(F)cc1)N1CCC(CO)CC1. The van der Waals surface area contributed by atoms with Crippen LogP contribution >= 0.6 is 0 Å². The monoisotopic (exact) mass is 252 g/mol. The number of nitrogens with two attached hydrogens (primary N) is 1. The van der Waals surface area contributed by atoms with Gasteiger partial charge in [-0.25, -0.2) is 4.39 Å². The van der Waals surface area contributed by atoms with Crippen molar-refractivity contribution in [3.63, 3.8) is 0 Å². The van der Waals surface area contributed by atoms with Crippen molar-refractivity contribution in [2.45, 2.75) is 18.9 Å². The van der Waals surface area contributed by atoms with Gasteiger partial charge in [0.05, 0.1) is 0 Å². The van der Waals surface area contributed by atoms with Gasteiger partial charge in [-0.1, -0.05) is 12.1 Å². The van der Waals surface area contributed by atoms with E-state index >= 15 is 0 Å². The maximum atomic E-state index is 12.9. The average molecular weight is 252 g/mol. The van der Waals surface area contributed by atoms with E-state index in [0.29, 0.717) is 12.5 Å². The summed E-state index contributed by atoms with van der Waals surface area (Å²) in [5.74, 6) is 0.210. The van der Waals surface area contributed by atoms with Crippen LogP contribution < -0.4 is 5.73 Å². The molecule has 3 N–H and O–H groups in total. The van der Waals surface area contributed by atoms with Crippen LogP contribution in [-0.2, 0) is 0 Å². The lowest BCUT2D eigenvalue weighted by molar-refractivity contribution is 0.102. The van der Waals surface area contributed by atoms with Gasteiger partial charge in [0, 0.05) is 19.2 Å². The van der Waals surface area contributed by atoms with E-state index in [0.717, 1.165) is 31.5 Å². The highest BCUT2D eigenvalue weighted by Gasteiger charge is 2.24. The Morgan fingerprint density at radius 3 is 2.39 bits per heavy atom. The van der Waals surface area contributed by atoms with Gasteiger partial charge < -0.3 is 10.8 Å². The minimum Gasteiger partial charge on any atom is -0.396 e. The highest BCUT2D eigenvalue weighted by atomic mass is 19.1. The standard InChI is InChI=1S/C14H21FN2O/c15-13-3-1-12(2-4-13)14(9-16)17-7-5-11(10-18)6-8-17/h1-4,11,14,18H,5-10,16H2. The molecular weight excluding hydrogens is 231 g/mol. The molecule has 0 radical (unpaired) electrons. The molecule has 0 spiro atoms. The summed E-state index contributed by atoms with van der Waals surface area (Å²) >= 11 is 0. The predicted octanol–water partition coefficient (Wildman–Crippen LogP) is 1.53. The first-order valence-electron chi connectivity index (χ1n) is 6.55. The molecule has 3 nitrogen and oxygen atoms in total. The Bertz CT molecular complexity index is 361. The third kappa shape index (κ3) is 3.07. The minimum absolute atomic E-state index is 0.158. The van der Waals surface area contributed by atoms with E-state index in [1.165, 1.54) is 12.1 Å². The molecule has 1 heterocycles. The van der Waals surface area contributed by atoms with E-state index in [-0.39, 0.29) is 18.5 Å². The van der Waals surface area contributed by atoms with Crippen LogP contribution in [0.4, 0.5) is 4.39 Å². The molecule has 2 rings (SSSR count). The third-order valence-corrected chi connectivity index (χ3v) is 3.83. The van der Waals surface area contributed by atoms with Gasteiger partial charge in [-0.15, -0.1) is 0 Å². The Hall–Kier alpha value is -0.970. The van der Waals surface area contributed by atoms with Crippen molar-refractivity contribution >= 4 is 0 Å².